The van der Waals surface area contributed by atoms with Crippen molar-refractivity contribution in [2.24, 2.45) is 0 Å². The van der Waals surface area contributed by atoms with Crippen molar-refractivity contribution in [1.82, 2.24) is 15.0 Å². The third kappa shape index (κ3) is 7.09. The Labute approximate surface area is 359 Å². The van der Waals surface area contributed by atoms with Crippen molar-refractivity contribution in [1.29, 1.82) is 0 Å². The Hall–Kier alpha value is -7.79. The molecule has 0 amide bonds. The predicted octanol–water partition coefficient (Wildman–Crippen LogP) is 15.6. The van der Waals surface area contributed by atoms with Crippen LogP contribution in [0.1, 0.15) is 0 Å². The van der Waals surface area contributed by atoms with Crippen LogP contribution in [0.15, 0.2) is 224 Å². The summed E-state index contributed by atoms with van der Waals surface area (Å²) >= 11 is 1.87. The highest BCUT2D eigenvalue weighted by molar-refractivity contribution is 7.26. The van der Waals surface area contributed by atoms with Crippen molar-refractivity contribution in [3.05, 3.63) is 224 Å². The van der Waals surface area contributed by atoms with Gasteiger partial charge in [0.15, 0.2) is 17.5 Å². The number of hydrogen-bond acceptors (Lipinski definition) is 4. The Bertz CT molecular complexity index is 3250. The van der Waals surface area contributed by atoms with Crippen LogP contribution in [-0.2, 0) is 0 Å². The Kier molecular flexibility index (Phi) is 9.38. The Morgan fingerprint density at radius 3 is 1.02 bits per heavy atom. The molecule has 0 bridgehead atoms. The lowest BCUT2D eigenvalue weighted by molar-refractivity contribution is 1.07. The van der Waals surface area contributed by atoms with Gasteiger partial charge in [0.05, 0.1) is 0 Å². The fourth-order valence-electron chi connectivity index (χ4n) is 8.25. The molecule has 0 fully saturated rings. The maximum absolute atomic E-state index is 5.17. The fourth-order valence-corrected chi connectivity index (χ4v) is 9.62. The third-order valence-corrected chi connectivity index (χ3v) is 12.6. The van der Waals surface area contributed by atoms with E-state index in [0.717, 1.165) is 33.4 Å². The SMILES string of the molecule is c1ccc(-c2ccc(-c3cc(-c4nc(-c5ccccc5)nc(-c5ccccc5)n4)cc(-c4cccc5c4sc4c(-c6ccc(-c7ccccc7)cc6)cccc45)c3)cc2)cc1. The molecule has 0 atom stereocenters. The summed E-state index contributed by atoms with van der Waals surface area (Å²) in [6, 6.07) is 79.5. The van der Waals surface area contributed by atoms with Crippen molar-refractivity contribution >= 4 is 31.5 Å². The molecule has 0 saturated carbocycles. The summed E-state index contributed by atoms with van der Waals surface area (Å²) in [6.45, 7) is 0. The summed E-state index contributed by atoms with van der Waals surface area (Å²) in [5.74, 6) is 1.90. The topological polar surface area (TPSA) is 38.7 Å². The monoisotopic (exact) mass is 795 g/mol. The molecule has 9 aromatic carbocycles. The van der Waals surface area contributed by atoms with Crippen LogP contribution in [0.25, 0.3) is 110 Å². The summed E-state index contributed by atoms with van der Waals surface area (Å²) in [5, 5.41) is 2.51. The van der Waals surface area contributed by atoms with Gasteiger partial charge in [-0.3, -0.25) is 0 Å². The molecule has 11 rings (SSSR count). The Morgan fingerprint density at radius 1 is 0.230 bits per heavy atom. The highest BCUT2D eigenvalue weighted by Gasteiger charge is 2.18. The average molecular weight is 796 g/mol. The number of benzene rings is 9. The molecule has 0 N–H and O–H groups in total. The molecule has 0 aliphatic heterocycles. The van der Waals surface area contributed by atoms with Crippen molar-refractivity contribution in [3.8, 4) is 89.8 Å². The second kappa shape index (κ2) is 15.8. The highest BCUT2D eigenvalue weighted by Crippen LogP contribution is 2.45. The zero-order valence-electron chi connectivity index (χ0n) is 33.1. The molecule has 61 heavy (non-hydrogen) atoms. The van der Waals surface area contributed by atoms with Gasteiger partial charge in [-0.25, -0.2) is 15.0 Å². The summed E-state index contributed by atoms with van der Waals surface area (Å²) in [6.07, 6.45) is 0. The summed E-state index contributed by atoms with van der Waals surface area (Å²) < 4.78 is 2.53. The molecular formula is C57H37N3S. The number of fused-ring (bicyclic) bond motifs is 3. The maximum atomic E-state index is 5.17. The molecule has 0 radical (unpaired) electrons. The molecule has 2 aromatic heterocycles. The van der Waals surface area contributed by atoms with E-state index < -0.39 is 0 Å². The van der Waals surface area contributed by atoms with E-state index >= 15 is 0 Å². The lowest BCUT2D eigenvalue weighted by Crippen LogP contribution is -2.00. The lowest BCUT2D eigenvalue weighted by Gasteiger charge is -2.13. The predicted molar refractivity (Wildman–Crippen MR) is 256 cm³/mol. The largest absolute Gasteiger partial charge is 0.208 e. The third-order valence-electron chi connectivity index (χ3n) is 11.4. The lowest BCUT2D eigenvalue weighted by atomic mass is 9.93. The van der Waals surface area contributed by atoms with E-state index in [0.29, 0.717) is 17.5 Å². The first-order chi connectivity index (χ1) is 30.2. The number of thiophene rings is 1. The molecule has 0 aliphatic rings. The van der Waals surface area contributed by atoms with E-state index in [1.54, 1.807) is 0 Å². The summed E-state index contributed by atoms with van der Waals surface area (Å²) in [5.41, 5.74) is 14.6. The second-order valence-corrected chi connectivity index (χ2v) is 16.2. The zero-order valence-corrected chi connectivity index (χ0v) is 33.9. The van der Waals surface area contributed by atoms with Crippen LogP contribution in [0, 0.1) is 0 Å². The van der Waals surface area contributed by atoms with E-state index in [-0.39, 0.29) is 0 Å². The molecule has 4 heteroatoms. The number of rotatable bonds is 8. The molecular weight excluding hydrogens is 759 g/mol. The molecule has 11 aromatic rings. The van der Waals surface area contributed by atoms with Crippen LogP contribution in [0.2, 0.25) is 0 Å². The van der Waals surface area contributed by atoms with Crippen molar-refractivity contribution in [2.75, 3.05) is 0 Å². The van der Waals surface area contributed by atoms with Crippen LogP contribution >= 0.6 is 11.3 Å². The molecule has 0 saturated heterocycles. The summed E-state index contributed by atoms with van der Waals surface area (Å²) in [7, 11) is 0. The van der Waals surface area contributed by atoms with Gasteiger partial charge in [-0.1, -0.05) is 206 Å². The van der Waals surface area contributed by atoms with Crippen molar-refractivity contribution < 1.29 is 0 Å². The smallest absolute Gasteiger partial charge is 0.164 e. The van der Waals surface area contributed by atoms with Gasteiger partial charge in [0.1, 0.15) is 0 Å². The van der Waals surface area contributed by atoms with E-state index in [2.05, 4.69) is 188 Å². The van der Waals surface area contributed by atoms with E-state index in [1.807, 2.05) is 47.7 Å². The van der Waals surface area contributed by atoms with E-state index in [1.165, 1.54) is 59.1 Å². The fraction of sp³-hybridized carbons (Fsp3) is 0. The van der Waals surface area contributed by atoms with Crippen LogP contribution in [-0.4, -0.2) is 15.0 Å². The molecule has 286 valence electrons. The van der Waals surface area contributed by atoms with Crippen LogP contribution in [0.4, 0.5) is 0 Å². The van der Waals surface area contributed by atoms with Crippen LogP contribution in [0.3, 0.4) is 0 Å². The van der Waals surface area contributed by atoms with Crippen LogP contribution < -0.4 is 0 Å². The van der Waals surface area contributed by atoms with Gasteiger partial charge in [0, 0.05) is 36.9 Å². The number of nitrogens with zero attached hydrogens (tertiary/aromatic N) is 3. The summed E-state index contributed by atoms with van der Waals surface area (Å²) in [4.78, 5) is 15.3. The first-order valence-electron chi connectivity index (χ1n) is 20.5. The quantitative estimate of drug-likeness (QED) is 0.154. The number of aromatic nitrogens is 3. The molecule has 3 nitrogen and oxygen atoms in total. The zero-order chi connectivity index (χ0) is 40.5. The van der Waals surface area contributed by atoms with E-state index in [9.17, 15) is 0 Å². The minimum atomic E-state index is 0.626. The molecule has 0 unspecified atom stereocenters. The standard InChI is InChI=1S/C57H37N3S/c1-5-15-38(16-6-1)40-27-29-42(30-28-40)46-35-47(37-48(36-46)57-59-55(44-19-9-3-10-20-44)58-56(60-57)45-21-11-4-12-22-45)50-24-14-26-52-51-25-13-23-49(53(51)61-54(50)52)43-33-31-41(32-34-43)39-17-7-2-8-18-39/h1-37H. The van der Waals surface area contributed by atoms with Gasteiger partial charge in [-0.2, -0.15) is 0 Å². The Balaban J connectivity index is 1.09. The first kappa shape index (κ1) is 36.3. The molecule has 0 aliphatic carbocycles. The normalized spacial score (nSPS) is 11.3. The van der Waals surface area contributed by atoms with Crippen molar-refractivity contribution in [3.63, 3.8) is 0 Å². The van der Waals surface area contributed by atoms with Gasteiger partial charge in [-0.05, 0) is 73.8 Å². The van der Waals surface area contributed by atoms with Gasteiger partial charge in [0.2, 0.25) is 0 Å². The molecule has 0 spiro atoms. The minimum absolute atomic E-state index is 0.626. The van der Waals surface area contributed by atoms with Gasteiger partial charge < -0.3 is 0 Å². The average Bonchev–Trinajstić information content (AvgIpc) is 3.74. The van der Waals surface area contributed by atoms with Gasteiger partial charge >= 0.3 is 0 Å². The number of hydrogen-bond donors (Lipinski definition) is 0. The van der Waals surface area contributed by atoms with Gasteiger partial charge in [0.25, 0.3) is 0 Å². The molecule has 2 heterocycles. The minimum Gasteiger partial charge on any atom is -0.208 e. The van der Waals surface area contributed by atoms with Crippen molar-refractivity contribution in [2.45, 2.75) is 0 Å². The Morgan fingerprint density at radius 2 is 0.557 bits per heavy atom. The van der Waals surface area contributed by atoms with Gasteiger partial charge in [-0.15, -0.1) is 11.3 Å². The second-order valence-electron chi connectivity index (χ2n) is 15.2. The van der Waals surface area contributed by atoms with Crippen LogP contribution in [0.5, 0.6) is 0 Å². The first-order valence-corrected chi connectivity index (χ1v) is 21.3. The van der Waals surface area contributed by atoms with E-state index in [4.69, 9.17) is 15.0 Å². The maximum Gasteiger partial charge on any atom is 0.164 e. The highest BCUT2D eigenvalue weighted by atomic mass is 32.1.